The average Bonchev–Trinajstić information content (AvgIpc) is 2.07. The molecule has 0 aliphatic carbocycles. The number of fused-ring (bicyclic) bond motifs is 1. The number of nitrogens with two attached hydrogens (primary N) is 1. The lowest BCUT2D eigenvalue weighted by Crippen LogP contribution is -2.56. The Morgan fingerprint density at radius 3 is 2.92 bits per heavy atom. The molecule has 2 aliphatic rings. The molecule has 2 atom stereocenters. The van der Waals surface area contributed by atoms with E-state index in [1.807, 2.05) is 4.90 Å². The highest BCUT2D eigenvalue weighted by molar-refractivity contribution is 5.77. The van der Waals surface area contributed by atoms with Gasteiger partial charge in [-0.1, -0.05) is 0 Å². The van der Waals surface area contributed by atoms with Crippen LogP contribution in [0.15, 0.2) is 0 Å². The standard InChI is InChI=1S/C9H16N2O/c10-7-3-2-6-11-8(7)4-1-5-9(11)12/h7-8H,1-6,10H2/t7-,8-/m1/s1. The van der Waals surface area contributed by atoms with Gasteiger partial charge >= 0.3 is 0 Å². The van der Waals surface area contributed by atoms with E-state index in [1.165, 1.54) is 0 Å². The highest BCUT2D eigenvalue weighted by Crippen LogP contribution is 2.25. The van der Waals surface area contributed by atoms with E-state index >= 15 is 0 Å². The third-order valence-electron chi connectivity index (χ3n) is 3.04. The van der Waals surface area contributed by atoms with E-state index in [1.54, 1.807) is 0 Å². The Morgan fingerprint density at radius 2 is 2.17 bits per heavy atom. The Hall–Kier alpha value is -0.570. The summed E-state index contributed by atoms with van der Waals surface area (Å²) in [5.74, 6) is 0.321. The number of hydrogen-bond acceptors (Lipinski definition) is 2. The van der Waals surface area contributed by atoms with E-state index in [-0.39, 0.29) is 6.04 Å². The van der Waals surface area contributed by atoms with Crippen molar-refractivity contribution >= 4 is 5.91 Å². The first-order valence-corrected chi connectivity index (χ1v) is 4.84. The van der Waals surface area contributed by atoms with Crippen LogP contribution in [-0.4, -0.2) is 29.4 Å². The van der Waals surface area contributed by atoms with Gasteiger partial charge in [-0.05, 0) is 25.7 Å². The fourth-order valence-corrected chi connectivity index (χ4v) is 2.37. The van der Waals surface area contributed by atoms with Crippen molar-refractivity contribution in [3.8, 4) is 0 Å². The van der Waals surface area contributed by atoms with Gasteiger partial charge in [-0.25, -0.2) is 0 Å². The van der Waals surface area contributed by atoms with E-state index in [9.17, 15) is 4.79 Å². The topological polar surface area (TPSA) is 46.3 Å². The molecule has 0 aromatic heterocycles. The maximum absolute atomic E-state index is 11.4. The van der Waals surface area contributed by atoms with Crippen molar-refractivity contribution < 1.29 is 4.79 Å². The molecule has 0 saturated carbocycles. The SMILES string of the molecule is N[C@@H]1CCCN2C(=O)CCC[C@H]12. The van der Waals surface area contributed by atoms with Crippen LogP contribution in [0.25, 0.3) is 0 Å². The zero-order chi connectivity index (χ0) is 8.55. The molecule has 0 radical (unpaired) electrons. The van der Waals surface area contributed by atoms with Crippen LogP contribution in [0.5, 0.6) is 0 Å². The molecular weight excluding hydrogens is 152 g/mol. The first-order valence-electron chi connectivity index (χ1n) is 4.84. The Balaban J connectivity index is 2.10. The summed E-state index contributed by atoms with van der Waals surface area (Å²) >= 11 is 0. The summed E-state index contributed by atoms with van der Waals surface area (Å²) < 4.78 is 0. The average molecular weight is 168 g/mol. The quantitative estimate of drug-likeness (QED) is 0.572. The molecule has 12 heavy (non-hydrogen) atoms. The van der Waals surface area contributed by atoms with Crippen molar-refractivity contribution in [2.75, 3.05) is 6.54 Å². The Bertz CT molecular complexity index is 193. The molecule has 0 bridgehead atoms. The van der Waals surface area contributed by atoms with Crippen molar-refractivity contribution in [3.63, 3.8) is 0 Å². The second-order valence-electron chi connectivity index (χ2n) is 3.85. The number of piperidine rings is 2. The summed E-state index contributed by atoms with van der Waals surface area (Å²) in [7, 11) is 0. The zero-order valence-corrected chi connectivity index (χ0v) is 7.33. The number of carbonyl (C=O) groups is 1. The van der Waals surface area contributed by atoms with E-state index in [4.69, 9.17) is 5.73 Å². The van der Waals surface area contributed by atoms with Gasteiger partial charge in [-0.2, -0.15) is 0 Å². The molecule has 0 aromatic carbocycles. The summed E-state index contributed by atoms with van der Waals surface area (Å²) in [6.07, 6.45) is 5.07. The van der Waals surface area contributed by atoms with Crippen LogP contribution >= 0.6 is 0 Å². The van der Waals surface area contributed by atoms with Crippen molar-refractivity contribution in [2.45, 2.75) is 44.2 Å². The fraction of sp³-hybridized carbons (Fsp3) is 0.889. The summed E-state index contributed by atoms with van der Waals surface area (Å²) in [6, 6.07) is 0.600. The van der Waals surface area contributed by atoms with Gasteiger partial charge in [-0.3, -0.25) is 4.79 Å². The molecule has 3 heteroatoms. The minimum absolute atomic E-state index is 0.239. The largest absolute Gasteiger partial charge is 0.338 e. The van der Waals surface area contributed by atoms with Crippen LogP contribution in [0.3, 0.4) is 0 Å². The number of rotatable bonds is 0. The van der Waals surface area contributed by atoms with Gasteiger partial charge in [0.25, 0.3) is 0 Å². The molecule has 0 unspecified atom stereocenters. The number of nitrogens with zero attached hydrogens (tertiary/aromatic N) is 1. The molecule has 3 nitrogen and oxygen atoms in total. The maximum Gasteiger partial charge on any atom is 0.222 e. The number of amides is 1. The Kier molecular flexibility index (Phi) is 2.05. The smallest absolute Gasteiger partial charge is 0.222 e. The van der Waals surface area contributed by atoms with E-state index in [2.05, 4.69) is 0 Å². The zero-order valence-electron chi connectivity index (χ0n) is 7.33. The first-order chi connectivity index (χ1) is 5.79. The molecular formula is C9H16N2O. The summed E-state index contributed by atoms with van der Waals surface area (Å²) in [5.41, 5.74) is 5.96. The predicted octanol–water partition coefficient (Wildman–Crippen LogP) is 0.489. The third-order valence-corrected chi connectivity index (χ3v) is 3.04. The highest BCUT2D eigenvalue weighted by Gasteiger charge is 2.34. The maximum atomic E-state index is 11.4. The van der Waals surface area contributed by atoms with Gasteiger partial charge in [0.05, 0.1) is 0 Å². The predicted molar refractivity (Wildman–Crippen MR) is 46.6 cm³/mol. The van der Waals surface area contributed by atoms with Gasteiger partial charge in [0, 0.05) is 25.0 Å². The van der Waals surface area contributed by atoms with Gasteiger partial charge < -0.3 is 10.6 Å². The van der Waals surface area contributed by atoms with Crippen molar-refractivity contribution in [1.29, 1.82) is 0 Å². The van der Waals surface area contributed by atoms with E-state index in [0.29, 0.717) is 11.9 Å². The van der Waals surface area contributed by atoms with Crippen LogP contribution in [0.2, 0.25) is 0 Å². The fourth-order valence-electron chi connectivity index (χ4n) is 2.37. The molecule has 2 saturated heterocycles. The van der Waals surface area contributed by atoms with Crippen molar-refractivity contribution in [2.24, 2.45) is 5.73 Å². The second kappa shape index (κ2) is 3.05. The van der Waals surface area contributed by atoms with Crippen molar-refractivity contribution in [1.82, 2.24) is 4.90 Å². The van der Waals surface area contributed by atoms with Crippen LogP contribution in [-0.2, 0) is 4.79 Å². The number of hydrogen-bond donors (Lipinski definition) is 1. The second-order valence-corrected chi connectivity index (χ2v) is 3.85. The molecule has 1 amide bonds. The van der Waals surface area contributed by atoms with Gasteiger partial charge in [0.2, 0.25) is 5.91 Å². The van der Waals surface area contributed by atoms with Gasteiger partial charge in [0.1, 0.15) is 0 Å². The normalized spacial score (nSPS) is 36.4. The minimum atomic E-state index is 0.239. The summed E-state index contributed by atoms with van der Waals surface area (Å²) in [5, 5.41) is 0. The molecule has 2 heterocycles. The van der Waals surface area contributed by atoms with Gasteiger partial charge in [-0.15, -0.1) is 0 Å². The summed E-state index contributed by atoms with van der Waals surface area (Å²) in [6.45, 7) is 0.942. The lowest BCUT2D eigenvalue weighted by molar-refractivity contribution is -0.138. The lowest BCUT2D eigenvalue weighted by Gasteiger charge is -2.42. The number of carbonyl (C=O) groups excluding carboxylic acids is 1. The third kappa shape index (κ3) is 1.22. The molecule has 2 aliphatic heterocycles. The highest BCUT2D eigenvalue weighted by atomic mass is 16.2. The Morgan fingerprint density at radius 1 is 1.33 bits per heavy atom. The van der Waals surface area contributed by atoms with Crippen LogP contribution in [0.4, 0.5) is 0 Å². The lowest BCUT2D eigenvalue weighted by atomic mass is 9.89. The molecule has 68 valence electrons. The molecule has 2 fully saturated rings. The van der Waals surface area contributed by atoms with Gasteiger partial charge in [0.15, 0.2) is 0 Å². The first kappa shape index (κ1) is 8.05. The Labute approximate surface area is 72.9 Å². The van der Waals surface area contributed by atoms with Crippen molar-refractivity contribution in [3.05, 3.63) is 0 Å². The molecule has 2 N–H and O–H groups in total. The monoisotopic (exact) mass is 168 g/mol. The van der Waals surface area contributed by atoms with E-state index in [0.717, 1.165) is 38.6 Å². The molecule has 0 spiro atoms. The molecule has 2 rings (SSSR count). The summed E-state index contributed by atoms with van der Waals surface area (Å²) in [4.78, 5) is 13.4. The van der Waals surface area contributed by atoms with Crippen LogP contribution < -0.4 is 5.73 Å². The minimum Gasteiger partial charge on any atom is -0.338 e. The van der Waals surface area contributed by atoms with Crippen LogP contribution in [0.1, 0.15) is 32.1 Å². The van der Waals surface area contributed by atoms with Crippen LogP contribution in [0, 0.1) is 0 Å². The molecule has 0 aromatic rings. The van der Waals surface area contributed by atoms with E-state index < -0.39 is 0 Å².